The summed E-state index contributed by atoms with van der Waals surface area (Å²) in [5.41, 5.74) is -0.527. The molecule has 0 saturated heterocycles. The van der Waals surface area contributed by atoms with Crippen LogP contribution in [0.3, 0.4) is 0 Å². The number of hydrogen-bond donors (Lipinski definition) is 1. The van der Waals surface area contributed by atoms with E-state index in [9.17, 15) is 18.0 Å². The van der Waals surface area contributed by atoms with Gasteiger partial charge >= 0.3 is 6.18 Å². The quantitative estimate of drug-likeness (QED) is 0.592. The molecule has 138 valence electrons. The van der Waals surface area contributed by atoms with E-state index >= 15 is 0 Å². The molecule has 0 atom stereocenters. The number of hydrogen-bond acceptors (Lipinski definition) is 6. The molecule has 1 aromatic carbocycles. The molecule has 0 radical (unpaired) electrons. The van der Waals surface area contributed by atoms with Gasteiger partial charge < -0.3 is 9.73 Å². The predicted octanol–water partition coefficient (Wildman–Crippen LogP) is 3.21. The van der Waals surface area contributed by atoms with Gasteiger partial charge in [-0.05, 0) is 24.5 Å². The molecule has 1 N–H and O–H groups in total. The average molecular weight is 401 g/mol. The minimum atomic E-state index is -4.41. The highest BCUT2D eigenvalue weighted by Crippen LogP contribution is 2.29. The Bertz CT molecular complexity index is 813. The van der Waals surface area contributed by atoms with Gasteiger partial charge in [-0.1, -0.05) is 29.7 Å². The van der Waals surface area contributed by atoms with Crippen LogP contribution in [0, 0.1) is 11.8 Å². The Morgan fingerprint density at radius 2 is 2.15 bits per heavy atom. The molecule has 1 heterocycles. The number of carbonyl (C=O) groups is 1. The second kappa shape index (κ2) is 9.54. The zero-order valence-electron chi connectivity index (χ0n) is 13.6. The summed E-state index contributed by atoms with van der Waals surface area (Å²) in [7, 11) is 0. The van der Waals surface area contributed by atoms with Crippen LogP contribution in [0.2, 0.25) is 0 Å². The molecule has 0 bridgehead atoms. The first-order valence-electron chi connectivity index (χ1n) is 7.25. The third-order valence-corrected chi connectivity index (χ3v) is 4.19. The van der Waals surface area contributed by atoms with Crippen LogP contribution in [0.15, 0.2) is 33.9 Å². The zero-order valence-corrected chi connectivity index (χ0v) is 15.2. The van der Waals surface area contributed by atoms with Crippen molar-refractivity contribution in [2.24, 2.45) is 0 Å². The summed E-state index contributed by atoms with van der Waals surface area (Å²) in [6, 6.07) is 4.71. The number of aromatic nitrogens is 2. The van der Waals surface area contributed by atoms with Crippen LogP contribution < -0.4 is 5.32 Å². The summed E-state index contributed by atoms with van der Waals surface area (Å²) < 4.78 is 43.1. The Hall–Kier alpha value is -2.12. The molecule has 10 heteroatoms. The average Bonchev–Trinajstić information content (AvgIpc) is 3.04. The summed E-state index contributed by atoms with van der Waals surface area (Å²) >= 11 is 2.64. The maximum atomic E-state index is 12.6. The lowest BCUT2D eigenvalue weighted by Crippen LogP contribution is -2.25. The molecule has 2 rings (SSSR count). The molecular formula is C16H14F3N3O2S2. The van der Waals surface area contributed by atoms with Crippen LogP contribution in [0.25, 0.3) is 0 Å². The first kappa shape index (κ1) is 20.2. The summed E-state index contributed by atoms with van der Waals surface area (Å²) in [6.45, 7) is 0.0250. The SMILES string of the molecule is CSCc1nnc(SCC(=O)NCC#Cc2cccc(C(F)(F)F)c2)o1. The molecule has 1 aromatic heterocycles. The van der Waals surface area contributed by atoms with E-state index in [-0.39, 0.29) is 23.8 Å². The van der Waals surface area contributed by atoms with Crippen LogP contribution in [-0.4, -0.2) is 34.7 Å². The maximum Gasteiger partial charge on any atom is 0.416 e. The van der Waals surface area contributed by atoms with Gasteiger partial charge in [-0.2, -0.15) is 24.9 Å². The van der Waals surface area contributed by atoms with E-state index in [1.54, 1.807) is 11.8 Å². The van der Waals surface area contributed by atoms with Crippen molar-refractivity contribution in [3.8, 4) is 11.8 Å². The number of nitrogens with zero attached hydrogens (tertiary/aromatic N) is 2. The van der Waals surface area contributed by atoms with E-state index in [2.05, 4.69) is 27.4 Å². The zero-order chi connectivity index (χ0) is 19.0. The van der Waals surface area contributed by atoms with Crippen molar-refractivity contribution in [2.75, 3.05) is 18.6 Å². The van der Waals surface area contributed by atoms with Gasteiger partial charge in [-0.25, -0.2) is 0 Å². The van der Waals surface area contributed by atoms with E-state index in [0.717, 1.165) is 23.9 Å². The minimum Gasteiger partial charge on any atom is -0.415 e. The summed E-state index contributed by atoms with van der Waals surface area (Å²) in [4.78, 5) is 11.7. The monoisotopic (exact) mass is 401 g/mol. The number of rotatable bonds is 6. The number of nitrogens with one attached hydrogen (secondary N) is 1. The molecule has 0 aliphatic heterocycles. The summed E-state index contributed by atoms with van der Waals surface area (Å²) in [5.74, 6) is 6.08. The molecule has 0 aliphatic rings. The Labute approximate surface area is 156 Å². The van der Waals surface area contributed by atoms with Crippen LogP contribution in [0.5, 0.6) is 0 Å². The van der Waals surface area contributed by atoms with Gasteiger partial charge in [0.25, 0.3) is 5.22 Å². The maximum absolute atomic E-state index is 12.6. The lowest BCUT2D eigenvalue weighted by Gasteiger charge is -2.05. The normalized spacial score (nSPS) is 10.9. The number of amides is 1. The van der Waals surface area contributed by atoms with Gasteiger partial charge in [0, 0.05) is 5.56 Å². The Morgan fingerprint density at radius 1 is 1.35 bits per heavy atom. The van der Waals surface area contributed by atoms with Gasteiger partial charge in [0.05, 0.1) is 23.6 Å². The van der Waals surface area contributed by atoms with Gasteiger partial charge in [-0.3, -0.25) is 4.79 Å². The molecule has 2 aromatic rings. The van der Waals surface area contributed by atoms with Crippen molar-refractivity contribution < 1.29 is 22.4 Å². The first-order chi connectivity index (χ1) is 12.4. The third kappa shape index (κ3) is 6.65. The summed E-state index contributed by atoms with van der Waals surface area (Å²) in [5, 5.41) is 10.5. The molecule has 0 saturated carbocycles. The van der Waals surface area contributed by atoms with Gasteiger partial charge in [-0.15, -0.1) is 10.2 Å². The fraction of sp³-hybridized carbons (Fsp3) is 0.312. The van der Waals surface area contributed by atoms with Gasteiger partial charge in [0.1, 0.15) is 0 Å². The fourth-order valence-corrected chi connectivity index (χ4v) is 2.69. The largest absolute Gasteiger partial charge is 0.416 e. The Balaban J connectivity index is 1.77. The van der Waals surface area contributed by atoms with Crippen molar-refractivity contribution in [1.29, 1.82) is 0 Å². The van der Waals surface area contributed by atoms with E-state index in [1.807, 2.05) is 6.26 Å². The minimum absolute atomic E-state index is 0.0250. The van der Waals surface area contributed by atoms with Crippen molar-refractivity contribution >= 4 is 29.4 Å². The number of halogens is 3. The van der Waals surface area contributed by atoms with Crippen LogP contribution >= 0.6 is 23.5 Å². The van der Waals surface area contributed by atoms with Gasteiger partial charge in [0.2, 0.25) is 11.8 Å². The molecule has 5 nitrogen and oxygen atoms in total. The molecule has 0 spiro atoms. The van der Waals surface area contributed by atoms with Crippen molar-refractivity contribution in [2.45, 2.75) is 17.2 Å². The van der Waals surface area contributed by atoms with Crippen LogP contribution in [-0.2, 0) is 16.7 Å². The fourth-order valence-electron chi connectivity index (χ4n) is 1.72. The van der Waals surface area contributed by atoms with Crippen LogP contribution in [0.4, 0.5) is 13.2 Å². The molecule has 0 aliphatic carbocycles. The van der Waals surface area contributed by atoms with Gasteiger partial charge in [0.15, 0.2) is 0 Å². The molecule has 0 fully saturated rings. The molecular weight excluding hydrogens is 387 g/mol. The van der Waals surface area contributed by atoms with Crippen molar-refractivity contribution in [3.63, 3.8) is 0 Å². The summed E-state index contributed by atoms with van der Waals surface area (Å²) in [6.07, 6.45) is -2.50. The topological polar surface area (TPSA) is 68.0 Å². The second-order valence-corrected chi connectivity index (χ2v) is 6.63. The predicted molar refractivity (Wildman–Crippen MR) is 93.6 cm³/mol. The van der Waals surface area contributed by atoms with E-state index in [0.29, 0.717) is 16.9 Å². The third-order valence-electron chi connectivity index (χ3n) is 2.84. The smallest absolute Gasteiger partial charge is 0.415 e. The number of thioether (sulfide) groups is 2. The highest BCUT2D eigenvalue weighted by molar-refractivity contribution is 7.99. The van der Waals surface area contributed by atoms with E-state index in [1.165, 1.54) is 12.1 Å². The lowest BCUT2D eigenvalue weighted by molar-refractivity contribution is -0.137. The standard InChI is InChI=1S/C16H14F3N3O2S2/c1-25-10-14-21-22-15(24-14)26-9-13(23)20-7-3-5-11-4-2-6-12(8-11)16(17,18)19/h2,4,6,8H,7,9-10H2,1H3,(H,20,23). The van der Waals surface area contributed by atoms with Crippen LogP contribution in [0.1, 0.15) is 17.0 Å². The Kier molecular flexibility index (Phi) is 7.41. The first-order valence-corrected chi connectivity index (χ1v) is 9.63. The molecule has 1 amide bonds. The molecule has 26 heavy (non-hydrogen) atoms. The lowest BCUT2D eigenvalue weighted by atomic mass is 10.1. The highest BCUT2D eigenvalue weighted by Gasteiger charge is 2.30. The second-order valence-electron chi connectivity index (χ2n) is 4.84. The number of carbonyl (C=O) groups excluding carboxylic acids is 1. The van der Waals surface area contributed by atoms with Crippen molar-refractivity contribution in [3.05, 3.63) is 41.3 Å². The van der Waals surface area contributed by atoms with E-state index in [4.69, 9.17) is 4.42 Å². The molecule has 0 unspecified atom stereocenters. The Morgan fingerprint density at radius 3 is 2.88 bits per heavy atom. The highest BCUT2D eigenvalue weighted by atomic mass is 32.2. The number of benzene rings is 1. The van der Waals surface area contributed by atoms with E-state index < -0.39 is 11.7 Å². The van der Waals surface area contributed by atoms with Crippen molar-refractivity contribution in [1.82, 2.24) is 15.5 Å². The number of alkyl halides is 3.